The Morgan fingerprint density at radius 3 is 2.33 bits per heavy atom. The molecule has 0 aliphatic rings. The molecule has 1 rings (SSSR count). The van der Waals surface area contributed by atoms with Crippen molar-refractivity contribution in [2.75, 3.05) is 21.2 Å². The first-order valence-corrected chi connectivity index (χ1v) is 4.51. The van der Waals surface area contributed by atoms with Crippen LogP contribution in [-0.2, 0) is 4.79 Å². The summed E-state index contributed by atoms with van der Waals surface area (Å²) in [4.78, 5) is 12.6. The molecule has 0 fully saturated rings. The summed E-state index contributed by atoms with van der Waals surface area (Å²) >= 11 is 0. The average Bonchev–Trinajstić information content (AvgIpc) is 2.26. The zero-order valence-electron chi connectivity index (χ0n) is 9.07. The van der Waals surface area contributed by atoms with Gasteiger partial charge in [-0.2, -0.15) is 0 Å². The molecule has 0 heterocycles. The Morgan fingerprint density at radius 1 is 1.27 bits per heavy atom. The van der Waals surface area contributed by atoms with Gasteiger partial charge in [-0.05, 0) is 24.3 Å². The minimum atomic E-state index is -0.203. The van der Waals surface area contributed by atoms with Crippen LogP contribution in [0.1, 0.15) is 5.56 Å². The van der Waals surface area contributed by atoms with Gasteiger partial charge in [0.1, 0.15) is 5.75 Å². The van der Waals surface area contributed by atoms with Crippen LogP contribution in [0.2, 0.25) is 0 Å². The Hall–Kier alpha value is -1.95. The smallest absolute Gasteiger partial charge is 0.298 e. The lowest BCUT2D eigenvalue weighted by Gasteiger charge is -2.02. The maximum Gasteiger partial charge on any atom is 0.298 e. The van der Waals surface area contributed by atoms with E-state index in [0.717, 1.165) is 11.3 Å². The van der Waals surface area contributed by atoms with E-state index in [0.29, 0.717) is 0 Å². The molecule has 0 aliphatic carbocycles. The van der Waals surface area contributed by atoms with Gasteiger partial charge in [0.15, 0.2) is 0 Å². The topological polar surface area (TPSA) is 29.5 Å². The molecule has 0 radical (unpaired) electrons. The Kier molecular flexibility index (Phi) is 3.75. The first-order valence-electron chi connectivity index (χ1n) is 4.51. The fourth-order valence-corrected chi connectivity index (χ4v) is 0.912. The van der Waals surface area contributed by atoms with E-state index >= 15 is 0 Å². The number of amides is 1. The summed E-state index contributed by atoms with van der Waals surface area (Å²) in [5.41, 5.74) is 0.797. The van der Waals surface area contributed by atoms with Crippen molar-refractivity contribution in [3.63, 3.8) is 0 Å². The van der Waals surface area contributed by atoms with E-state index in [1.807, 2.05) is 24.3 Å². The van der Waals surface area contributed by atoms with Gasteiger partial charge >= 0.3 is 0 Å². The normalized spacial score (nSPS) is 8.73. The van der Waals surface area contributed by atoms with E-state index in [1.54, 1.807) is 21.2 Å². The molecule has 0 spiro atoms. The summed E-state index contributed by atoms with van der Waals surface area (Å²) in [7, 11) is 4.95. The van der Waals surface area contributed by atoms with Crippen LogP contribution in [0.25, 0.3) is 0 Å². The Balaban J connectivity index is 2.76. The summed E-state index contributed by atoms with van der Waals surface area (Å²) in [6, 6.07) is 7.25. The number of carbonyl (C=O) groups excluding carboxylic acids is 1. The highest BCUT2D eigenvalue weighted by molar-refractivity contribution is 5.93. The highest BCUT2D eigenvalue weighted by Gasteiger charge is 1.96. The monoisotopic (exact) mass is 203 g/mol. The number of nitrogens with zero attached hydrogens (tertiary/aromatic N) is 1. The second-order valence-electron chi connectivity index (χ2n) is 3.18. The van der Waals surface area contributed by atoms with Crippen LogP contribution >= 0.6 is 0 Å². The summed E-state index contributed by atoms with van der Waals surface area (Å²) in [6.07, 6.45) is 0. The third kappa shape index (κ3) is 3.35. The molecular formula is C12H13NO2. The van der Waals surface area contributed by atoms with Gasteiger partial charge in [0, 0.05) is 25.6 Å². The molecule has 1 aromatic rings. The third-order valence-electron chi connectivity index (χ3n) is 1.81. The van der Waals surface area contributed by atoms with Crippen molar-refractivity contribution in [1.82, 2.24) is 4.90 Å². The molecule has 0 saturated heterocycles. The molecule has 0 N–H and O–H groups in total. The van der Waals surface area contributed by atoms with Crippen molar-refractivity contribution in [1.29, 1.82) is 0 Å². The molecule has 0 aliphatic heterocycles. The third-order valence-corrected chi connectivity index (χ3v) is 1.81. The van der Waals surface area contributed by atoms with E-state index in [-0.39, 0.29) is 5.91 Å². The van der Waals surface area contributed by atoms with Crippen LogP contribution < -0.4 is 4.74 Å². The number of hydrogen-bond acceptors (Lipinski definition) is 2. The molecule has 0 aromatic heterocycles. The standard InChI is InChI=1S/C12H13NO2/c1-13(2)12(14)9-6-10-4-7-11(15-3)8-5-10/h4-5,7-8H,1-3H3. The van der Waals surface area contributed by atoms with Gasteiger partial charge in [-0.1, -0.05) is 5.92 Å². The zero-order valence-corrected chi connectivity index (χ0v) is 9.07. The van der Waals surface area contributed by atoms with E-state index in [9.17, 15) is 4.79 Å². The molecule has 1 amide bonds. The summed E-state index contributed by atoms with van der Waals surface area (Å²) < 4.78 is 5.01. The SMILES string of the molecule is COc1ccc(C#CC(=O)N(C)C)cc1. The Bertz CT molecular complexity index is 396. The maximum absolute atomic E-state index is 11.2. The van der Waals surface area contributed by atoms with Gasteiger partial charge < -0.3 is 9.64 Å². The Morgan fingerprint density at radius 2 is 1.87 bits per heavy atom. The van der Waals surface area contributed by atoms with Gasteiger partial charge in [-0.3, -0.25) is 4.79 Å². The van der Waals surface area contributed by atoms with Gasteiger partial charge in [0.2, 0.25) is 0 Å². The Labute approximate surface area is 89.7 Å². The van der Waals surface area contributed by atoms with Gasteiger partial charge in [-0.25, -0.2) is 0 Å². The van der Waals surface area contributed by atoms with Gasteiger partial charge in [0.05, 0.1) is 7.11 Å². The quantitative estimate of drug-likeness (QED) is 0.640. The van der Waals surface area contributed by atoms with Crippen LogP contribution in [-0.4, -0.2) is 32.0 Å². The van der Waals surface area contributed by atoms with E-state index in [2.05, 4.69) is 11.8 Å². The second kappa shape index (κ2) is 5.06. The molecule has 0 bridgehead atoms. The minimum Gasteiger partial charge on any atom is -0.497 e. The van der Waals surface area contributed by atoms with Crippen molar-refractivity contribution in [3.05, 3.63) is 29.8 Å². The second-order valence-corrected chi connectivity index (χ2v) is 3.18. The molecule has 78 valence electrons. The lowest BCUT2D eigenvalue weighted by molar-refractivity contribution is -0.122. The number of rotatable bonds is 1. The van der Waals surface area contributed by atoms with Gasteiger partial charge in [0.25, 0.3) is 5.91 Å². The van der Waals surface area contributed by atoms with Crippen LogP contribution in [0.5, 0.6) is 5.75 Å². The minimum absolute atomic E-state index is 0.203. The number of benzene rings is 1. The first kappa shape index (κ1) is 11.1. The molecule has 3 heteroatoms. The van der Waals surface area contributed by atoms with Crippen molar-refractivity contribution in [3.8, 4) is 17.6 Å². The molecule has 0 unspecified atom stereocenters. The van der Waals surface area contributed by atoms with Crippen LogP contribution in [0, 0.1) is 11.8 Å². The summed E-state index contributed by atoms with van der Waals surface area (Å²) in [5, 5.41) is 0. The van der Waals surface area contributed by atoms with Crippen molar-refractivity contribution in [2.24, 2.45) is 0 Å². The van der Waals surface area contributed by atoms with Crippen LogP contribution in [0.4, 0.5) is 0 Å². The predicted molar refractivity (Wildman–Crippen MR) is 58.6 cm³/mol. The zero-order chi connectivity index (χ0) is 11.3. The largest absolute Gasteiger partial charge is 0.497 e. The van der Waals surface area contributed by atoms with E-state index < -0.39 is 0 Å². The molecule has 0 atom stereocenters. The molecule has 15 heavy (non-hydrogen) atoms. The van der Waals surface area contributed by atoms with Crippen molar-refractivity contribution >= 4 is 5.91 Å². The van der Waals surface area contributed by atoms with E-state index in [1.165, 1.54) is 4.90 Å². The average molecular weight is 203 g/mol. The first-order chi connectivity index (χ1) is 7.13. The van der Waals surface area contributed by atoms with Gasteiger partial charge in [-0.15, -0.1) is 0 Å². The molecule has 1 aromatic carbocycles. The highest BCUT2D eigenvalue weighted by Crippen LogP contribution is 2.09. The lowest BCUT2D eigenvalue weighted by Crippen LogP contribution is -2.19. The number of methoxy groups -OCH3 is 1. The fourth-order valence-electron chi connectivity index (χ4n) is 0.912. The number of ether oxygens (including phenoxy) is 1. The molecule has 0 saturated carbocycles. The van der Waals surface area contributed by atoms with Crippen molar-refractivity contribution < 1.29 is 9.53 Å². The fraction of sp³-hybridized carbons (Fsp3) is 0.250. The van der Waals surface area contributed by atoms with E-state index in [4.69, 9.17) is 4.74 Å². The molecular weight excluding hydrogens is 190 g/mol. The number of hydrogen-bond donors (Lipinski definition) is 0. The lowest BCUT2D eigenvalue weighted by atomic mass is 10.2. The summed E-state index contributed by atoms with van der Waals surface area (Å²) in [5.74, 6) is 5.89. The predicted octanol–water partition coefficient (Wildman–Crippen LogP) is 1.13. The van der Waals surface area contributed by atoms with Crippen LogP contribution in [0.3, 0.4) is 0 Å². The number of carbonyl (C=O) groups is 1. The van der Waals surface area contributed by atoms with Crippen LogP contribution in [0.15, 0.2) is 24.3 Å². The van der Waals surface area contributed by atoms with Crippen molar-refractivity contribution in [2.45, 2.75) is 0 Å². The highest BCUT2D eigenvalue weighted by atomic mass is 16.5. The summed E-state index contributed by atoms with van der Waals surface area (Å²) in [6.45, 7) is 0. The maximum atomic E-state index is 11.2. The molecule has 3 nitrogen and oxygen atoms in total.